The summed E-state index contributed by atoms with van der Waals surface area (Å²) in [6, 6.07) is 21.4. The molecule has 36 heavy (non-hydrogen) atoms. The number of hydrogen-bond acceptors (Lipinski definition) is 6. The zero-order valence-electron chi connectivity index (χ0n) is 20.6. The summed E-state index contributed by atoms with van der Waals surface area (Å²) in [5, 5.41) is 11.2. The van der Waals surface area contributed by atoms with E-state index in [4.69, 9.17) is 14.2 Å². The second-order valence-corrected chi connectivity index (χ2v) is 8.51. The third-order valence-electron chi connectivity index (χ3n) is 6.19. The number of carbonyl (C=O) groups excluding carboxylic acids is 2. The van der Waals surface area contributed by atoms with Crippen molar-refractivity contribution in [2.75, 3.05) is 27.4 Å². The lowest BCUT2D eigenvalue weighted by Gasteiger charge is -2.25. The molecular formula is C29H29NO6. The van der Waals surface area contributed by atoms with Crippen molar-refractivity contribution in [3.05, 3.63) is 101 Å². The van der Waals surface area contributed by atoms with Gasteiger partial charge in [-0.05, 0) is 53.9 Å². The predicted molar refractivity (Wildman–Crippen MR) is 136 cm³/mol. The fraction of sp³-hybridized carbons (Fsp3) is 0.241. The number of ether oxygens (including phenoxy) is 3. The Kier molecular flexibility index (Phi) is 7.71. The van der Waals surface area contributed by atoms with Gasteiger partial charge in [0.15, 0.2) is 0 Å². The van der Waals surface area contributed by atoms with Crippen LogP contribution >= 0.6 is 0 Å². The van der Waals surface area contributed by atoms with Crippen LogP contribution < -0.4 is 9.47 Å². The van der Waals surface area contributed by atoms with Gasteiger partial charge in [-0.2, -0.15) is 0 Å². The van der Waals surface area contributed by atoms with Crippen LogP contribution in [0, 0.1) is 6.92 Å². The highest BCUT2D eigenvalue weighted by Gasteiger charge is 2.45. The van der Waals surface area contributed by atoms with Gasteiger partial charge in [-0.15, -0.1) is 0 Å². The van der Waals surface area contributed by atoms with Crippen LogP contribution in [0.4, 0.5) is 0 Å². The lowest BCUT2D eigenvalue weighted by atomic mass is 9.94. The Labute approximate surface area is 210 Å². The van der Waals surface area contributed by atoms with Crippen molar-refractivity contribution >= 4 is 17.4 Å². The normalized spacial score (nSPS) is 16.9. The zero-order valence-corrected chi connectivity index (χ0v) is 20.6. The smallest absolute Gasteiger partial charge is 0.295 e. The third kappa shape index (κ3) is 5.11. The Morgan fingerprint density at radius 3 is 2.33 bits per heavy atom. The molecule has 1 amide bonds. The second-order valence-electron chi connectivity index (χ2n) is 8.51. The van der Waals surface area contributed by atoms with Crippen LogP contribution in [0.5, 0.6) is 11.5 Å². The van der Waals surface area contributed by atoms with E-state index in [9.17, 15) is 14.7 Å². The largest absolute Gasteiger partial charge is 0.507 e. The maximum atomic E-state index is 13.1. The van der Waals surface area contributed by atoms with Crippen LogP contribution in [0.3, 0.4) is 0 Å². The molecule has 0 unspecified atom stereocenters. The monoisotopic (exact) mass is 487 g/mol. The highest BCUT2D eigenvalue weighted by molar-refractivity contribution is 6.46. The minimum atomic E-state index is -0.759. The summed E-state index contributed by atoms with van der Waals surface area (Å²) in [5.41, 5.74) is 3.00. The molecule has 7 heteroatoms. The van der Waals surface area contributed by atoms with Gasteiger partial charge in [-0.25, -0.2) is 0 Å². The van der Waals surface area contributed by atoms with Gasteiger partial charge >= 0.3 is 0 Å². The van der Waals surface area contributed by atoms with E-state index in [1.807, 2.05) is 49.4 Å². The summed E-state index contributed by atoms with van der Waals surface area (Å²) in [5.74, 6) is -0.315. The van der Waals surface area contributed by atoms with E-state index in [1.165, 1.54) is 12.0 Å². The molecule has 0 bridgehead atoms. The molecule has 1 aliphatic rings. The molecular weight excluding hydrogens is 458 g/mol. The summed E-state index contributed by atoms with van der Waals surface area (Å²) >= 11 is 0. The molecule has 3 aromatic carbocycles. The standard InChI is InChI=1S/C29H29NO6/c1-19-17-22(11-14-24(19)35-3)27(31)25-26(30(15-16-34-2)29(33)28(25)32)21-9-12-23(13-10-21)36-18-20-7-5-4-6-8-20/h4-14,17,26,31H,15-16,18H2,1-3H3/t26-/m1/s1. The number of carbonyl (C=O) groups is 2. The summed E-state index contributed by atoms with van der Waals surface area (Å²) in [6.45, 7) is 2.72. The Morgan fingerprint density at radius 1 is 0.972 bits per heavy atom. The number of Topliss-reactive ketones (excluding diaryl/α,β-unsaturated/α-hetero) is 1. The Bertz CT molecular complexity index is 1270. The first-order valence-corrected chi connectivity index (χ1v) is 11.6. The van der Waals surface area contributed by atoms with Crippen LogP contribution in [-0.2, 0) is 20.9 Å². The quantitative estimate of drug-likeness (QED) is 0.269. The number of amides is 1. The van der Waals surface area contributed by atoms with Gasteiger partial charge in [0.05, 0.1) is 25.3 Å². The van der Waals surface area contributed by atoms with E-state index in [1.54, 1.807) is 37.4 Å². The molecule has 7 nitrogen and oxygen atoms in total. The number of aliphatic hydroxyl groups excluding tert-OH is 1. The maximum absolute atomic E-state index is 13.1. The molecule has 0 aliphatic carbocycles. The van der Waals surface area contributed by atoms with Gasteiger partial charge in [0.25, 0.3) is 11.7 Å². The van der Waals surface area contributed by atoms with Gasteiger partial charge in [0.1, 0.15) is 23.9 Å². The van der Waals surface area contributed by atoms with Crippen molar-refractivity contribution < 1.29 is 28.9 Å². The Morgan fingerprint density at radius 2 is 1.69 bits per heavy atom. The average Bonchev–Trinajstić information content (AvgIpc) is 3.16. The van der Waals surface area contributed by atoms with Crippen LogP contribution in [-0.4, -0.2) is 49.1 Å². The number of hydrogen-bond donors (Lipinski definition) is 1. The number of methoxy groups -OCH3 is 2. The molecule has 1 aliphatic heterocycles. The fourth-order valence-corrected chi connectivity index (χ4v) is 4.32. The van der Waals surface area contributed by atoms with Crippen LogP contribution in [0.25, 0.3) is 5.76 Å². The molecule has 0 spiro atoms. The Hall–Kier alpha value is -4.10. The van der Waals surface area contributed by atoms with Gasteiger partial charge in [-0.1, -0.05) is 42.5 Å². The molecule has 0 saturated carbocycles. The molecule has 0 radical (unpaired) electrons. The lowest BCUT2D eigenvalue weighted by Crippen LogP contribution is -2.32. The topological polar surface area (TPSA) is 85.3 Å². The van der Waals surface area contributed by atoms with E-state index in [0.717, 1.165) is 11.1 Å². The van der Waals surface area contributed by atoms with E-state index in [0.29, 0.717) is 29.2 Å². The summed E-state index contributed by atoms with van der Waals surface area (Å²) in [7, 11) is 3.10. The number of benzene rings is 3. The van der Waals surface area contributed by atoms with Crippen molar-refractivity contribution in [2.24, 2.45) is 0 Å². The lowest BCUT2D eigenvalue weighted by molar-refractivity contribution is -0.140. The minimum absolute atomic E-state index is 0.0404. The first kappa shape index (κ1) is 25.0. The molecule has 0 aromatic heterocycles. The average molecular weight is 488 g/mol. The summed E-state index contributed by atoms with van der Waals surface area (Å²) in [6.07, 6.45) is 0. The van der Waals surface area contributed by atoms with Gasteiger partial charge < -0.3 is 24.2 Å². The maximum Gasteiger partial charge on any atom is 0.295 e. The van der Waals surface area contributed by atoms with E-state index < -0.39 is 17.7 Å². The Balaban J connectivity index is 1.69. The molecule has 3 aromatic rings. The first-order chi connectivity index (χ1) is 17.4. The molecule has 4 rings (SSSR count). The van der Waals surface area contributed by atoms with Crippen LogP contribution in [0.15, 0.2) is 78.4 Å². The molecule has 1 atom stereocenters. The van der Waals surface area contributed by atoms with Crippen LogP contribution in [0.1, 0.15) is 28.3 Å². The number of rotatable bonds is 9. The molecule has 1 heterocycles. The predicted octanol–water partition coefficient (Wildman–Crippen LogP) is 4.65. The van der Waals surface area contributed by atoms with Gasteiger partial charge in [0, 0.05) is 19.2 Å². The van der Waals surface area contributed by atoms with E-state index in [-0.39, 0.29) is 24.5 Å². The van der Waals surface area contributed by atoms with Crippen molar-refractivity contribution in [3.63, 3.8) is 0 Å². The third-order valence-corrected chi connectivity index (χ3v) is 6.19. The van der Waals surface area contributed by atoms with Crippen LogP contribution in [0.2, 0.25) is 0 Å². The van der Waals surface area contributed by atoms with Gasteiger partial charge in [0.2, 0.25) is 0 Å². The molecule has 1 fully saturated rings. The number of aliphatic hydroxyl groups is 1. The van der Waals surface area contributed by atoms with Crippen molar-refractivity contribution in [2.45, 2.75) is 19.6 Å². The number of nitrogens with zero attached hydrogens (tertiary/aromatic N) is 1. The fourth-order valence-electron chi connectivity index (χ4n) is 4.32. The molecule has 1 N–H and O–H groups in total. The van der Waals surface area contributed by atoms with E-state index >= 15 is 0 Å². The minimum Gasteiger partial charge on any atom is -0.507 e. The van der Waals surface area contributed by atoms with Gasteiger partial charge in [-0.3, -0.25) is 9.59 Å². The molecule has 1 saturated heterocycles. The van der Waals surface area contributed by atoms with E-state index in [2.05, 4.69) is 0 Å². The van der Waals surface area contributed by atoms with Crippen molar-refractivity contribution in [1.29, 1.82) is 0 Å². The number of aryl methyl sites for hydroxylation is 1. The number of ketones is 1. The van der Waals surface area contributed by atoms with Crippen molar-refractivity contribution in [1.82, 2.24) is 4.90 Å². The zero-order chi connectivity index (χ0) is 25.7. The number of likely N-dealkylation sites (tertiary alicyclic amines) is 1. The van der Waals surface area contributed by atoms with Crippen molar-refractivity contribution in [3.8, 4) is 11.5 Å². The second kappa shape index (κ2) is 11.1. The highest BCUT2D eigenvalue weighted by atomic mass is 16.5. The first-order valence-electron chi connectivity index (χ1n) is 11.6. The summed E-state index contributed by atoms with van der Waals surface area (Å²) < 4.78 is 16.4. The SMILES string of the molecule is COCCN1C(=O)C(=O)C(=C(O)c2ccc(OC)c(C)c2)[C@H]1c1ccc(OCc2ccccc2)cc1. The molecule has 186 valence electrons. The summed E-state index contributed by atoms with van der Waals surface area (Å²) in [4.78, 5) is 27.5. The highest BCUT2D eigenvalue weighted by Crippen LogP contribution is 2.40.